The summed E-state index contributed by atoms with van der Waals surface area (Å²) in [7, 11) is 0. The zero-order valence-corrected chi connectivity index (χ0v) is 13.4. The van der Waals surface area contributed by atoms with Crippen molar-refractivity contribution in [1.82, 2.24) is 10.6 Å². The minimum Gasteiger partial charge on any atom is -0.393 e. The van der Waals surface area contributed by atoms with Crippen LogP contribution in [0.1, 0.15) is 64.7 Å². The molecule has 0 heterocycles. The van der Waals surface area contributed by atoms with Gasteiger partial charge in [-0.05, 0) is 69.6 Å². The standard InChI is InChI=1S/C17H31N3O/c1-2-18-16(20-14-6-8-15(21)9-7-14)19-12-17(10-3-11-17)13-4-5-13/h13-15,21H,2-12H2,1H3,(H2,18,19,20). The lowest BCUT2D eigenvalue weighted by Crippen LogP contribution is -2.46. The van der Waals surface area contributed by atoms with Crippen LogP contribution in [0.4, 0.5) is 0 Å². The summed E-state index contributed by atoms with van der Waals surface area (Å²) < 4.78 is 0. The fourth-order valence-electron chi connectivity index (χ4n) is 3.99. The Morgan fingerprint density at radius 3 is 2.38 bits per heavy atom. The maximum absolute atomic E-state index is 9.61. The molecule has 0 aromatic carbocycles. The van der Waals surface area contributed by atoms with Crippen LogP contribution in [0.5, 0.6) is 0 Å². The predicted molar refractivity (Wildman–Crippen MR) is 86.4 cm³/mol. The Morgan fingerprint density at radius 2 is 1.86 bits per heavy atom. The number of rotatable bonds is 5. The number of hydrogen-bond donors (Lipinski definition) is 3. The maximum Gasteiger partial charge on any atom is 0.191 e. The number of nitrogens with one attached hydrogen (secondary N) is 2. The molecule has 3 rings (SSSR count). The van der Waals surface area contributed by atoms with E-state index in [1.807, 2.05) is 0 Å². The molecule has 3 saturated carbocycles. The number of aliphatic hydroxyl groups is 1. The van der Waals surface area contributed by atoms with Gasteiger partial charge >= 0.3 is 0 Å². The van der Waals surface area contributed by atoms with E-state index in [0.29, 0.717) is 11.5 Å². The first-order valence-corrected chi connectivity index (χ1v) is 8.95. The molecule has 0 radical (unpaired) electrons. The van der Waals surface area contributed by atoms with Crippen LogP contribution in [-0.4, -0.2) is 36.3 Å². The van der Waals surface area contributed by atoms with E-state index >= 15 is 0 Å². The van der Waals surface area contributed by atoms with Crippen LogP contribution in [0.2, 0.25) is 0 Å². The third kappa shape index (κ3) is 3.71. The topological polar surface area (TPSA) is 56.7 Å². The lowest BCUT2D eigenvalue weighted by molar-refractivity contribution is 0.112. The van der Waals surface area contributed by atoms with Crippen molar-refractivity contribution in [2.45, 2.75) is 76.9 Å². The van der Waals surface area contributed by atoms with Crippen LogP contribution < -0.4 is 10.6 Å². The highest BCUT2D eigenvalue weighted by Gasteiger charge is 2.48. The number of hydrogen-bond acceptors (Lipinski definition) is 2. The SMILES string of the molecule is CCNC(=NCC1(C2CC2)CCC1)NC1CCC(O)CC1. The van der Waals surface area contributed by atoms with Gasteiger partial charge in [-0.15, -0.1) is 0 Å². The van der Waals surface area contributed by atoms with Gasteiger partial charge < -0.3 is 15.7 Å². The molecule has 0 amide bonds. The van der Waals surface area contributed by atoms with Crippen molar-refractivity contribution in [3.8, 4) is 0 Å². The summed E-state index contributed by atoms with van der Waals surface area (Å²) in [6, 6.07) is 0.476. The molecular formula is C17H31N3O. The van der Waals surface area contributed by atoms with Gasteiger partial charge in [0.15, 0.2) is 5.96 Å². The summed E-state index contributed by atoms with van der Waals surface area (Å²) in [5.74, 6) is 1.95. The first-order valence-electron chi connectivity index (χ1n) is 8.95. The molecule has 0 spiro atoms. The molecule has 4 heteroatoms. The van der Waals surface area contributed by atoms with E-state index < -0.39 is 0 Å². The first-order chi connectivity index (χ1) is 10.2. The monoisotopic (exact) mass is 293 g/mol. The van der Waals surface area contributed by atoms with E-state index in [-0.39, 0.29) is 6.10 Å². The zero-order valence-electron chi connectivity index (χ0n) is 13.4. The van der Waals surface area contributed by atoms with Gasteiger partial charge in [-0.3, -0.25) is 4.99 Å². The fraction of sp³-hybridized carbons (Fsp3) is 0.941. The van der Waals surface area contributed by atoms with Gasteiger partial charge in [-0.25, -0.2) is 0 Å². The third-order valence-electron chi connectivity index (χ3n) is 5.73. The van der Waals surface area contributed by atoms with Crippen molar-refractivity contribution in [3.05, 3.63) is 0 Å². The van der Waals surface area contributed by atoms with Crippen LogP contribution in [0.3, 0.4) is 0 Å². The van der Waals surface area contributed by atoms with Crippen LogP contribution in [0.25, 0.3) is 0 Å². The summed E-state index contributed by atoms with van der Waals surface area (Å²) >= 11 is 0. The summed E-state index contributed by atoms with van der Waals surface area (Å²) in [6.45, 7) is 4.04. The van der Waals surface area contributed by atoms with Crippen LogP contribution in [0.15, 0.2) is 4.99 Å². The second kappa shape index (κ2) is 6.55. The van der Waals surface area contributed by atoms with Gasteiger partial charge in [-0.1, -0.05) is 6.42 Å². The molecule has 3 fully saturated rings. The van der Waals surface area contributed by atoms with E-state index in [1.54, 1.807) is 0 Å². The van der Waals surface area contributed by atoms with E-state index in [2.05, 4.69) is 17.6 Å². The van der Waals surface area contributed by atoms with Crippen LogP contribution in [0, 0.1) is 11.3 Å². The van der Waals surface area contributed by atoms with Gasteiger partial charge in [0.2, 0.25) is 0 Å². The molecule has 3 aliphatic carbocycles. The number of guanidine groups is 1. The normalized spacial score (nSPS) is 32.4. The lowest BCUT2D eigenvalue weighted by Gasteiger charge is -2.41. The Balaban J connectivity index is 1.54. The van der Waals surface area contributed by atoms with Crippen molar-refractivity contribution in [2.75, 3.05) is 13.1 Å². The van der Waals surface area contributed by atoms with E-state index in [4.69, 9.17) is 4.99 Å². The minimum absolute atomic E-state index is 0.0873. The summed E-state index contributed by atoms with van der Waals surface area (Å²) in [5, 5.41) is 16.6. The summed E-state index contributed by atoms with van der Waals surface area (Å²) in [6.07, 6.45) is 10.9. The molecule has 0 unspecified atom stereocenters. The molecule has 0 aliphatic heterocycles. The Bertz CT molecular complexity index is 366. The van der Waals surface area contributed by atoms with Crippen molar-refractivity contribution in [1.29, 1.82) is 0 Å². The average Bonchev–Trinajstić information content (AvgIpc) is 3.25. The Labute approximate surface area is 128 Å². The van der Waals surface area contributed by atoms with Gasteiger partial charge in [-0.2, -0.15) is 0 Å². The molecule has 21 heavy (non-hydrogen) atoms. The molecule has 0 atom stereocenters. The van der Waals surface area contributed by atoms with E-state index in [0.717, 1.165) is 50.7 Å². The molecule has 3 aliphatic rings. The molecule has 0 aromatic heterocycles. The van der Waals surface area contributed by atoms with Crippen molar-refractivity contribution < 1.29 is 5.11 Å². The molecule has 0 saturated heterocycles. The molecule has 4 nitrogen and oxygen atoms in total. The van der Waals surface area contributed by atoms with E-state index in [9.17, 15) is 5.11 Å². The highest BCUT2D eigenvalue weighted by molar-refractivity contribution is 5.80. The molecule has 0 aromatic rings. The van der Waals surface area contributed by atoms with Gasteiger partial charge in [0.1, 0.15) is 0 Å². The Hall–Kier alpha value is -0.770. The highest BCUT2D eigenvalue weighted by Crippen LogP contribution is 2.57. The van der Waals surface area contributed by atoms with Gasteiger partial charge in [0, 0.05) is 19.1 Å². The smallest absolute Gasteiger partial charge is 0.191 e. The van der Waals surface area contributed by atoms with E-state index in [1.165, 1.54) is 32.1 Å². The molecule has 120 valence electrons. The minimum atomic E-state index is -0.0873. The Morgan fingerprint density at radius 1 is 1.14 bits per heavy atom. The summed E-state index contributed by atoms with van der Waals surface area (Å²) in [5.41, 5.74) is 0.547. The maximum atomic E-state index is 9.61. The fourth-order valence-corrected chi connectivity index (χ4v) is 3.99. The first kappa shape index (κ1) is 15.1. The van der Waals surface area contributed by atoms with Crippen molar-refractivity contribution in [3.63, 3.8) is 0 Å². The second-order valence-corrected chi connectivity index (χ2v) is 7.34. The third-order valence-corrected chi connectivity index (χ3v) is 5.73. The highest BCUT2D eigenvalue weighted by atomic mass is 16.3. The number of aliphatic hydroxyl groups excluding tert-OH is 1. The van der Waals surface area contributed by atoms with Crippen molar-refractivity contribution in [2.24, 2.45) is 16.3 Å². The van der Waals surface area contributed by atoms with Crippen molar-refractivity contribution >= 4 is 5.96 Å². The van der Waals surface area contributed by atoms with Crippen LogP contribution in [-0.2, 0) is 0 Å². The molecular weight excluding hydrogens is 262 g/mol. The molecule has 0 bridgehead atoms. The second-order valence-electron chi connectivity index (χ2n) is 7.34. The Kier molecular flexibility index (Phi) is 4.72. The number of nitrogens with zero attached hydrogens (tertiary/aromatic N) is 1. The lowest BCUT2D eigenvalue weighted by atomic mass is 9.65. The summed E-state index contributed by atoms with van der Waals surface area (Å²) in [4.78, 5) is 4.91. The largest absolute Gasteiger partial charge is 0.393 e. The quantitative estimate of drug-likeness (QED) is 0.539. The number of aliphatic imine (C=N–C) groups is 1. The van der Waals surface area contributed by atoms with Gasteiger partial charge in [0.25, 0.3) is 0 Å². The zero-order chi connectivity index (χ0) is 14.7. The van der Waals surface area contributed by atoms with Gasteiger partial charge in [0.05, 0.1) is 6.10 Å². The average molecular weight is 293 g/mol. The van der Waals surface area contributed by atoms with Crippen LogP contribution >= 0.6 is 0 Å². The predicted octanol–water partition coefficient (Wildman–Crippen LogP) is 2.43. The molecule has 3 N–H and O–H groups in total.